The topological polar surface area (TPSA) is 69.0 Å². The molecule has 4 heteroatoms. The molecule has 0 aliphatic carbocycles. The Morgan fingerprint density at radius 1 is 1.00 bits per heavy atom. The monoisotopic (exact) mass is 288 g/mol. The van der Waals surface area contributed by atoms with Crippen molar-refractivity contribution in [2.24, 2.45) is 0 Å². The van der Waals surface area contributed by atoms with Crippen LogP contribution in [0.3, 0.4) is 0 Å². The Balaban J connectivity index is -0.00000000500. The van der Waals surface area contributed by atoms with Crippen molar-refractivity contribution in [1.82, 2.24) is 0 Å². The zero-order chi connectivity index (χ0) is 2.00. The molecule has 0 amide bonds. The maximum absolute atomic E-state index is 6.00. The Morgan fingerprint density at radius 2 is 1.00 bits per heavy atom. The molecule has 0 aromatic rings. The summed E-state index contributed by atoms with van der Waals surface area (Å²) < 4.78 is 0. The van der Waals surface area contributed by atoms with Crippen LogP contribution in [0, 0.1) is 31.1 Å². The van der Waals surface area contributed by atoms with Gasteiger partial charge in [-0.15, -0.1) is 0 Å². The second-order valence-corrected chi connectivity index (χ2v) is 0. The molecule has 0 aliphatic rings. The van der Waals surface area contributed by atoms with E-state index in [4.69, 9.17) is 10.5 Å². The molecule has 0 saturated carbocycles. The summed E-state index contributed by atoms with van der Waals surface area (Å²) >= 11 is 0. The van der Waals surface area contributed by atoms with E-state index in [2.05, 4.69) is 0 Å². The summed E-state index contributed by atoms with van der Waals surface area (Å²) in [6.07, 6.45) is 0. The predicted molar refractivity (Wildman–Crippen MR) is 5.94 cm³/mol. The van der Waals surface area contributed by atoms with E-state index in [1.54, 1.807) is 0 Å². The Hall–Kier alpha value is 0.932. The second kappa shape index (κ2) is 38.9. The quantitative estimate of drug-likeness (QED) is 0.483. The van der Waals surface area contributed by atoms with Crippen molar-refractivity contribution < 1.29 is 47.1 Å². The van der Waals surface area contributed by atoms with Gasteiger partial charge in [0.05, 0.1) is 0 Å². The zero-order valence-electron chi connectivity index (χ0n) is 1.80. The molecule has 0 spiro atoms. The molecule has 0 aliphatic heterocycles. The molecule has 0 aromatic carbocycles. The maximum Gasteiger partial charge on any atom is 0 e. The molecule has 4 heavy (non-hydrogen) atoms. The van der Waals surface area contributed by atoms with Crippen molar-refractivity contribution in [3.8, 4) is 0 Å². The molecule has 0 heterocycles. The van der Waals surface area contributed by atoms with Gasteiger partial charge in [-0.3, -0.25) is 10.5 Å². The van der Waals surface area contributed by atoms with E-state index in [1.807, 2.05) is 0 Å². The summed E-state index contributed by atoms with van der Waals surface area (Å²) in [6, 6.07) is 0. The van der Waals surface area contributed by atoms with E-state index in [-0.39, 0.29) is 36.6 Å². The predicted octanol–water partition coefficient (Wildman–Crippen LogP) is -0.101. The molecule has 0 aromatic heterocycles. The fourth-order valence-corrected chi connectivity index (χ4v) is 0. The van der Waals surface area contributed by atoms with Crippen molar-refractivity contribution in [3.05, 3.63) is 0 Å². The van der Waals surface area contributed by atoms with Crippen molar-refractivity contribution in [3.63, 3.8) is 0 Å². The first kappa shape index (κ1) is 20.4. The summed E-state index contributed by atoms with van der Waals surface area (Å²) in [6.45, 7) is 0. The Bertz CT molecular complexity index is 3.25. The number of hydrogen-bond donors (Lipinski definition) is 2. The normalized spacial score (nSPS) is 1.50. The van der Waals surface area contributed by atoms with Gasteiger partial charge in [0.1, 0.15) is 0 Å². The van der Waals surface area contributed by atoms with Crippen molar-refractivity contribution in [1.29, 1.82) is 0 Å². The van der Waals surface area contributed by atoms with Gasteiger partial charge in [-0.1, -0.05) is 0 Å². The number of rotatable bonds is 0. The van der Waals surface area contributed by atoms with Crippen molar-refractivity contribution in [2.75, 3.05) is 0 Å². The molecule has 0 unspecified atom stereocenters. The van der Waals surface area contributed by atoms with Crippen LogP contribution >= 0.6 is 0 Å². The molecule has 3 nitrogen and oxygen atoms in total. The largest absolute Gasteiger partial charge is 2.00 e. The molecule has 0 fully saturated rings. The van der Waals surface area contributed by atoms with Crippen molar-refractivity contribution in [2.45, 2.75) is 0 Å². The van der Waals surface area contributed by atoms with Gasteiger partial charge in [0.25, 0.3) is 0 Å². The SMILES string of the molecule is OO.[O-2].[U]. The summed E-state index contributed by atoms with van der Waals surface area (Å²) in [5.41, 5.74) is 0. The maximum atomic E-state index is 6.00. The van der Waals surface area contributed by atoms with E-state index < -0.39 is 0 Å². The van der Waals surface area contributed by atoms with Crippen molar-refractivity contribution >= 4 is 0 Å². The van der Waals surface area contributed by atoms with Crippen LogP contribution < -0.4 is 0 Å². The molecule has 0 radical (unpaired) electrons. The van der Waals surface area contributed by atoms with Gasteiger partial charge >= 0.3 is 0 Å². The Kier molecular flexibility index (Phi) is 199. The second-order valence-electron chi connectivity index (χ2n) is 0. The minimum Gasteiger partial charge on any atom is -2.00 e. The average Bonchev–Trinajstić information content (AvgIpc) is 1.00. The van der Waals surface area contributed by atoms with E-state index in [9.17, 15) is 0 Å². The van der Waals surface area contributed by atoms with Crippen LogP contribution in [0.1, 0.15) is 0 Å². The fourth-order valence-electron chi connectivity index (χ4n) is 0. The third-order valence-electron chi connectivity index (χ3n) is 0. The van der Waals surface area contributed by atoms with E-state index in [0.29, 0.717) is 0 Å². The summed E-state index contributed by atoms with van der Waals surface area (Å²) in [7, 11) is 0. The Morgan fingerprint density at radius 3 is 1.00 bits per heavy atom. The van der Waals surface area contributed by atoms with Crippen LogP contribution in [0.5, 0.6) is 0 Å². The molecule has 2 N–H and O–H groups in total. The van der Waals surface area contributed by atoms with E-state index >= 15 is 0 Å². The van der Waals surface area contributed by atoms with Crippen LogP contribution in [-0.4, -0.2) is 10.5 Å². The summed E-state index contributed by atoms with van der Waals surface area (Å²) in [4.78, 5) is 0. The molecule has 0 atom stereocenters. The summed E-state index contributed by atoms with van der Waals surface area (Å²) in [5, 5.41) is 12.0. The van der Waals surface area contributed by atoms with Gasteiger partial charge in [0.2, 0.25) is 0 Å². The molecule has 0 bridgehead atoms. The van der Waals surface area contributed by atoms with Crippen LogP contribution in [0.25, 0.3) is 0 Å². The number of hydrogen-bond acceptors (Lipinski definition) is 2. The third kappa shape index (κ3) is 12.6. The van der Waals surface area contributed by atoms with Crippen LogP contribution in [0.2, 0.25) is 0 Å². The fraction of sp³-hybridized carbons (Fsp3) is 0. The van der Waals surface area contributed by atoms with Gasteiger partial charge < -0.3 is 5.48 Å². The molecule has 0 rings (SSSR count). The molecular weight excluding hydrogens is 286 g/mol. The minimum atomic E-state index is 0. The van der Waals surface area contributed by atoms with E-state index in [0.717, 1.165) is 0 Å². The minimum absolute atomic E-state index is 0. The first-order valence-electron chi connectivity index (χ1n) is 0.200. The molecule has 26 valence electrons. The van der Waals surface area contributed by atoms with E-state index in [1.165, 1.54) is 0 Å². The van der Waals surface area contributed by atoms with Crippen LogP contribution in [0.4, 0.5) is 0 Å². The van der Waals surface area contributed by atoms with Gasteiger partial charge in [-0.2, -0.15) is 0 Å². The standard InChI is InChI=1S/H2O2.O.U/c1-2;;/h1-2H;;/q;-2;. The molecular formula is H2O3U-2. The summed E-state index contributed by atoms with van der Waals surface area (Å²) in [5.74, 6) is 0. The smallest absolute Gasteiger partial charge is 0 e. The van der Waals surface area contributed by atoms with Gasteiger partial charge in [-0.05, 0) is 0 Å². The van der Waals surface area contributed by atoms with Crippen LogP contribution in [0.15, 0.2) is 0 Å². The first-order valence-corrected chi connectivity index (χ1v) is 0.200. The average molecular weight is 288 g/mol. The van der Waals surface area contributed by atoms with Crippen LogP contribution in [-0.2, 0) is 5.48 Å². The third-order valence-corrected chi connectivity index (χ3v) is 0. The molecule has 0 saturated heterocycles. The van der Waals surface area contributed by atoms with Gasteiger partial charge in [0, 0.05) is 31.1 Å². The Labute approximate surface area is 47.3 Å². The van der Waals surface area contributed by atoms with Gasteiger partial charge in [-0.25, -0.2) is 0 Å². The van der Waals surface area contributed by atoms with Gasteiger partial charge in [0.15, 0.2) is 0 Å². The first-order chi connectivity index (χ1) is 1.00. The zero-order valence-corrected chi connectivity index (χ0v) is 5.97.